The molecular formula is C29H27N3O3. The van der Waals surface area contributed by atoms with E-state index in [1.165, 1.54) is 0 Å². The van der Waals surface area contributed by atoms with E-state index in [2.05, 4.69) is 36.2 Å². The highest BCUT2D eigenvalue weighted by Crippen LogP contribution is 2.43. The van der Waals surface area contributed by atoms with E-state index < -0.39 is 6.04 Å². The Balaban J connectivity index is 1.46. The summed E-state index contributed by atoms with van der Waals surface area (Å²) in [5, 5.41) is 1.11. The lowest BCUT2D eigenvalue weighted by molar-refractivity contribution is -0.159. The number of hydrogen-bond acceptors (Lipinski definition) is 3. The zero-order valence-electron chi connectivity index (χ0n) is 19.8. The summed E-state index contributed by atoms with van der Waals surface area (Å²) in [6.45, 7) is 2.45. The fourth-order valence-electron chi connectivity index (χ4n) is 5.71. The number of nitrogens with one attached hydrogen (secondary N) is 1. The molecule has 0 radical (unpaired) electrons. The van der Waals surface area contributed by atoms with Gasteiger partial charge in [0.1, 0.15) is 18.3 Å². The Morgan fingerprint density at radius 1 is 0.971 bits per heavy atom. The number of aromatic nitrogens is 1. The monoisotopic (exact) mass is 465 g/mol. The van der Waals surface area contributed by atoms with Crippen LogP contribution in [-0.4, -0.2) is 46.3 Å². The molecule has 6 nitrogen and oxygen atoms in total. The zero-order chi connectivity index (χ0) is 24.1. The van der Waals surface area contributed by atoms with Crippen molar-refractivity contribution in [3.63, 3.8) is 0 Å². The SMILES string of the molecule is COc1ccccc1CN1CC(=O)N2C(Cc3c([nH]c4ccccc34)C2c2ccccc2C)C1=O. The standard InChI is InChI=1S/C29H27N3O3/c1-18-9-3-5-11-20(18)28-27-22(21-12-6-7-13-23(21)30-27)15-24-29(34)31(17-26(33)32(24)28)16-19-10-4-8-14-25(19)35-2/h3-14,24,28,30H,15-17H2,1-2H3. The summed E-state index contributed by atoms with van der Waals surface area (Å²) in [7, 11) is 1.62. The van der Waals surface area contributed by atoms with Crippen LogP contribution in [0.25, 0.3) is 10.9 Å². The van der Waals surface area contributed by atoms with Gasteiger partial charge in [-0.25, -0.2) is 0 Å². The maximum atomic E-state index is 13.9. The van der Waals surface area contributed by atoms with Gasteiger partial charge in [0.2, 0.25) is 11.8 Å². The highest BCUT2D eigenvalue weighted by molar-refractivity contribution is 5.97. The molecule has 3 aromatic carbocycles. The molecule has 1 aromatic heterocycles. The van der Waals surface area contributed by atoms with Crippen LogP contribution in [0.15, 0.2) is 72.8 Å². The van der Waals surface area contributed by atoms with Crippen molar-refractivity contribution in [2.75, 3.05) is 13.7 Å². The van der Waals surface area contributed by atoms with Gasteiger partial charge in [0.15, 0.2) is 0 Å². The molecule has 2 amide bonds. The number of hydrogen-bond donors (Lipinski definition) is 1. The summed E-state index contributed by atoms with van der Waals surface area (Å²) >= 11 is 0. The van der Waals surface area contributed by atoms with Crippen molar-refractivity contribution in [2.24, 2.45) is 0 Å². The van der Waals surface area contributed by atoms with Gasteiger partial charge < -0.3 is 19.5 Å². The minimum atomic E-state index is -0.553. The first kappa shape index (κ1) is 21.5. The van der Waals surface area contributed by atoms with Gasteiger partial charge in [0.05, 0.1) is 13.2 Å². The van der Waals surface area contributed by atoms with Gasteiger partial charge in [0, 0.05) is 35.1 Å². The van der Waals surface area contributed by atoms with Crippen molar-refractivity contribution in [3.8, 4) is 5.75 Å². The molecule has 0 aliphatic carbocycles. The first-order valence-electron chi connectivity index (χ1n) is 11.9. The van der Waals surface area contributed by atoms with Gasteiger partial charge >= 0.3 is 0 Å². The third-order valence-electron chi connectivity index (χ3n) is 7.38. The van der Waals surface area contributed by atoms with Crippen molar-refractivity contribution in [1.82, 2.24) is 14.8 Å². The molecule has 2 atom stereocenters. The fourth-order valence-corrected chi connectivity index (χ4v) is 5.71. The van der Waals surface area contributed by atoms with Crippen molar-refractivity contribution in [3.05, 3.63) is 101 Å². The van der Waals surface area contributed by atoms with Gasteiger partial charge in [-0.2, -0.15) is 0 Å². The van der Waals surface area contributed by atoms with E-state index in [0.29, 0.717) is 13.0 Å². The van der Waals surface area contributed by atoms with Crippen LogP contribution in [0.4, 0.5) is 0 Å². The number of carbonyl (C=O) groups excluding carboxylic acids is 2. The number of nitrogens with zero attached hydrogens (tertiary/aromatic N) is 2. The van der Waals surface area contributed by atoms with Crippen LogP contribution in [0.5, 0.6) is 5.75 Å². The number of methoxy groups -OCH3 is 1. The molecule has 4 aromatic rings. The zero-order valence-corrected chi connectivity index (χ0v) is 19.8. The Morgan fingerprint density at radius 2 is 1.71 bits per heavy atom. The van der Waals surface area contributed by atoms with Crippen molar-refractivity contribution < 1.29 is 14.3 Å². The first-order chi connectivity index (χ1) is 17.1. The highest BCUT2D eigenvalue weighted by atomic mass is 16.5. The number of aryl methyl sites for hydroxylation is 1. The minimum absolute atomic E-state index is 0.0231. The molecule has 1 saturated heterocycles. The van der Waals surface area contributed by atoms with Crippen LogP contribution in [0.3, 0.4) is 0 Å². The summed E-state index contributed by atoms with van der Waals surface area (Å²) in [5.41, 5.74) is 6.20. The van der Waals surface area contributed by atoms with Gasteiger partial charge in [0.25, 0.3) is 0 Å². The molecular weight excluding hydrogens is 438 g/mol. The summed E-state index contributed by atoms with van der Waals surface area (Å²) in [6.07, 6.45) is 0.495. The molecule has 176 valence electrons. The predicted octanol–water partition coefficient (Wildman–Crippen LogP) is 4.37. The van der Waals surface area contributed by atoms with Crippen molar-refractivity contribution in [2.45, 2.75) is 32.0 Å². The van der Waals surface area contributed by atoms with E-state index in [1.54, 1.807) is 12.0 Å². The number of fused-ring (bicyclic) bond motifs is 4. The summed E-state index contributed by atoms with van der Waals surface area (Å²) in [5.74, 6) is 0.655. The van der Waals surface area contributed by atoms with Gasteiger partial charge in [-0.05, 0) is 35.7 Å². The largest absolute Gasteiger partial charge is 0.496 e. The smallest absolute Gasteiger partial charge is 0.246 e. The minimum Gasteiger partial charge on any atom is -0.496 e. The van der Waals surface area contributed by atoms with Gasteiger partial charge in [-0.1, -0.05) is 60.7 Å². The Morgan fingerprint density at radius 3 is 2.54 bits per heavy atom. The van der Waals surface area contributed by atoms with E-state index in [1.807, 2.05) is 53.4 Å². The van der Waals surface area contributed by atoms with Crippen LogP contribution in [-0.2, 0) is 22.6 Å². The number of rotatable bonds is 4. The highest BCUT2D eigenvalue weighted by Gasteiger charge is 2.48. The Kier molecular flexibility index (Phi) is 5.10. The van der Waals surface area contributed by atoms with Crippen LogP contribution in [0.1, 0.15) is 34.0 Å². The second-order valence-corrected chi connectivity index (χ2v) is 9.35. The van der Waals surface area contributed by atoms with E-state index in [4.69, 9.17) is 4.74 Å². The van der Waals surface area contributed by atoms with Crippen LogP contribution in [0.2, 0.25) is 0 Å². The molecule has 6 rings (SSSR count). The van der Waals surface area contributed by atoms with E-state index in [9.17, 15) is 9.59 Å². The Hall–Kier alpha value is -4.06. The number of aromatic amines is 1. The summed E-state index contributed by atoms with van der Waals surface area (Å²) in [4.78, 5) is 34.7. The molecule has 3 heterocycles. The first-order valence-corrected chi connectivity index (χ1v) is 11.9. The lowest BCUT2D eigenvalue weighted by atomic mass is 9.85. The second kappa shape index (κ2) is 8.31. The molecule has 0 bridgehead atoms. The maximum absolute atomic E-state index is 13.9. The Labute approximate surface area is 204 Å². The van der Waals surface area contributed by atoms with E-state index in [0.717, 1.165) is 44.6 Å². The number of carbonyl (C=O) groups is 2. The Bertz CT molecular complexity index is 1460. The number of piperazine rings is 1. The molecule has 2 aliphatic rings. The number of benzene rings is 3. The van der Waals surface area contributed by atoms with Crippen molar-refractivity contribution >= 4 is 22.7 Å². The lowest BCUT2D eigenvalue weighted by Crippen LogP contribution is -2.62. The average Bonchev–Trinajstić information content (AvgIpc) is 3.25. The van der Waals surface area contributed by atoms with Crippen LogP contribution in [0, 0.1) is 6.92 Å². The lowest BCUT2D eigenvalue weighted by Gasteiger charge is -2.47. The number of amides is 2. The molecule has 6 heteroatoms. The normalized spacial score (nSPS) is 19.6. The molecule has 2 aliphatic heterocycles. The summed E-state index contributed by atoms with van der Waals surface area (Å²) in [6, 6.07) is 23.1. The van der Waals surface area contributed by atoms with Gasteiger partial charge in [-0.3, -0.25) is 9.59 Å². The molecule has 1 fully saturated rings. The van der Waals surface area contributed by atoms with E-state index >= 15 is 0 Å². The molecule has 35 heavy (non-hydrogen) atoms. The fraction of sp³-hybridized carbons (Fsp3) is 0.241. The number of para-hydroxylation sites is 2. The summed E-state index contributed by atoms with van der Waals surface area (Å²) < 4.78 is 5.49. The van der Waals surface area contributed by atoms with Gasteiger partial charge in [-0.15, -0.1) is 0 Å². The van der Waals surface area contributed by atoms with Crippen molar-refractivity contribution in [1.29, 1.82) is 0 Å². The third kappa shape index (κ3) is 3.40. The molecule has 0 spiro atoms. The maximum Gasteiger partial charge on any atom is 0.246 e. The third-order valence-corrected chi connectivity index (χ3v) is 7.38. The number of ether oxygens (including phenoxy) is 1. The average molecular weight is 466 g/mol. The topological polar surface area (TPSA) is 65.6 Å². The molecule has 1 N–H and O–H groups in total. The second-order valence-electron chi connectivity index (χ2n) is 9.35. The van der Waals surface area contributed by atoms with Crippen LogP contribution >= 0.6 is 0 Å². The van der Waals surface area contributed by atoms with E-state index in [-0.39, 0.29) is 24.4 Å². The quantitative estimate of drug-likeness (QED) is 0.487. The predicted molar refractivity (Wildman–Crippen MR) is 134 cm³/mol. The molecule has 2 unspecified atom stereocenters. The van der Waals surface area contributed by atoms with Crippen LogP contribution < -0.4 is 4.74 Å². The molecule has 0 saturated carbocycles. The number of H-pyrrole nitrogens is 1.